The number of aromatic nitrogens is 4. The summed E-state index contributed by atoms with van der Waals surface area (Å²) in [5, 5.41) is 15.5. The first-order valence-corrected chi connectivity index (χ1v) is 6.41. The number of unbranched alkanes of at least 4 members (excludes halogenated alkanes) is 1. The highest BCUT2D eigenvalue weighted by Crippen LogP contribution is 2.12. The molecule has 0 unspecified atom stereocenters. The number of methoxy groups -OCH3 is 1. The number of hydrogen-bond donors (Lipinski definition) is 1. The predicted molar refractivity (Wildman–Crippen MR) is 69.5 cm³/mol. The fourth-order valence-corrected chi connectivity index (χ4v) is 1.64. The Bertz CT molecular complexity index is 454. The second kappa shape index (κ2) is 7.65. The van der Waals surface area contributed by atoms with Gasteiger partial charge in [-0.25, -0.2) is 0 Å². The average Bonchev–Trinajstić information content (AvgIpc) is 3.08. The minimum atomic E-state index is 0.531. The zero-order chi connectivity index (χ0) is 13.3. The predicted octanol–water partition coefficient (Wildman–Crippen LogP) is 0.949. The molecule has 0 aliphatic carbocycles. The lowest BCUT2D eigenvalue weighted by atomic mass is 10.3. The van der Waals surface area contributed by atoms with Gasteiger partial charge in [0.1, 0.15) is 0 Å². The lowest BCUT2D eigenvalue weighted by Gasteiger charge is -2.03. The highest BCUT2D eigenvalue weighted by Gasteiger charge is 2.07. The maximum absolute atomic E-state index is 5.21. The number of ether oxygens (including phenoxy) is 1. The molecule has 0 spiro atoms. The van der Waals surface area contributed by atoms with Crippen molar-refractivity contribution >= 4 is 0 Å². The molecule has 0 saturated carbocycles. The van der Waals surface area contributed by atoms with Crippen LogP contribution in [0.1, 0.15) is 12.8 Å². The Hall–Kier alpha value is -1.73. The standard InChI is InChI=1S/C12H19N5O2/c1-18-10-7-13-6-2-3-8-17-15-12(14-16-17)11-5-4-9-19-11/h4-5,9,13H,2-3,6-8,10H2,1H3. The largest absolute Gasteiger partial charge is 0.461 e. The summed E-state index contributed by atoms with van der Waals surface area (Å²) in [6.07, 6.45) is 3.68. The summed E-state index contributed by atoms with van der Waals surface area (Å²) in [6, 6.07) is 3.63. The van der Waals surface area contributed by atoms with Crippen LogP contribution < -0.4 is 5.32 Å². The van der Waals surface area contributed by atoms with Gasteiger partial charge in [0.2, 0.25) is 5.82 Å². The van der Waals surface area contributed by atoms with Crippen molar-refractivity contribution in [1.82, 2.24) is 25.5 Å². The van der Waals surface area contributed by atoms with Crippen molar-refractivity contribution < 1.29 is 9.15 Å². The van der Waals surface area contributed by atoms with Crippen LogP contribution in [0.2, 0.25) is 0 Å². The van der Waals surface area contributed by atoms with E-state index in [0.29, 0.717) is 11.6 Å². The summed E-state index contributed by atoms with van der Waals surface area (Å²) in [5.41, 5.74) is 0. The van der Waals surface area contributed by atoms with E-state index in [1.54, 1.807) is 18.2 Å². The maximum atomic E-state index is 5.21. The summed E-state index contributed by atoms with van der Waals surface area (Å²) in [5.74, 6) is 1.18. The van der Waals surface area contributed by atoms with Gasteiger partial charge in [-0.2, -0.15) is 4.80 Å². The van der Waals surface area contributed by atoms with E-state index in [1.165, 1.54) is 0 Å². The van der Waals surface area contributed by atoms with E-state index in [0.717, 1.165) is 39.1 Å². The Kier molecular flexibility index (Phi) is 5.51. The molecule has 0 bridgehead atoms. The topological polar surface area (TPSA) is 78.0 Å². The molecule has 0 amide bonds. The lowest BCUT2D eigenvalue weighted by molar-refractivity contribution is 0.199. The zero-order valence-corrected chi connectivity index (χ0v) is 11.1. The van der Waals surface area contributed by atoms with E-state index in [1.807, 2.05) is 12.1 Å². The molecule has 7 nitrogen and oxygen atoms in total. The number of furan rings is 1. The van der Waals surface area contributed by atoms with Crippen LogP contribution in [0.15, 0.2) is 22.8 Å². The summed E-state index contributed by atoms with van der Waals surface area (Å²) in [6.45, 7) is 3.38. The summed E-state index contributed by atoms with van der Waals surface area (Å²) >= 11 is 0. The molecule has 0 aliphatic rings. The molecule has 2 heterocycles. The van der Waals surface area contributed by atoms with Crippen molar-refractivity contribution in [2.24, 2.45) is 0 Å². The van der Waals surface area contributed by atoms with Crippen molar-refractivity contribution in [3.8, 4) is 11.6 Å². The van der Waals surface area contributed by atoms with Crippen LogP contribution in [-0.2, 0) is 11.3 Å². The first-order valence-electron chi connectivity index (χ1n) is 6.41. The van der Waals surface area contributed by atoms with Gasteiger partial charge in [0.15, 0.2) is 5.76 Å². The van der Waals surface area contributed by atoms with Gasteiger partial charge in [0.25, 0.3) is 0 Å². The van der Waals surface area contributed by atoms with Crippen molar-refractivity contribution in [1.29, 1.82) is 0 Å². The molecule has 2 aromatic heterocycles. The van der Waals surface area contributed by atoms with Crippen LogP contribution >= 0.6 is 0 Å². The van der Waals surface area contributed by atoms with Crippen LogP contribution in [0.5, 0.6) is 0 Å². The van der Waals surface area contributed by atoms with Gasteiger partial charge in [-0.3, -0.25) is 0 Å². The zero-order valence-electron chi connectivity index (χ0n) is 11.1. The quantitative estimate of drug-likeness (QED) is 0.680. The molecular formula is C12H19N5O2. The number of rotatable bonds is 9. The number of tetrazole rings is 1. The molecule has 0 fully saturated rings. The van der Waals surface area contributed by atoms with Crippen molar-refractivity contribution in [2.45, 2.75) is 19.4 Å². The van der Waals surface area contributed by atoms with Gasteiger partial charge in [-0.05, 0) is 36.7 Å². The van der Waals surface area contributed by atoms with Crippen LogP contribution in [-0.4, -0.2) is 47.0 Å². The maximum Gasteiger partial charge on any atom is 0.240 e. The van der Waals surface area contributed by atoms with E-state index < -0.39 is 0 Å². The third-order valence-electron chi connectivity index (χ3n) is 2.64. The van der Waals surface area contributed by atoms with Crippen LogP contribution in [0.25, 0.3) is 11.6 Å². The van der Waals surface area contributed by atoms with Crippen LogP contribution in [0.3, 0.4) is 0 Å². The Morgan fingerprint density at radius 2 is 2.32 bits per heavy atom. The second-order valence-electron chi connectivity index (χ2n) is 4.14. The van der Waals surface area contributed by atoms with E-state index in [4.69, 9.17) is 9.15 Å². The Morgan fingerprint density at radius 1 is 1.37 bits per heavy atom. The van der Waals surface area contributed by atoms with E-state index in [2.05, 4.69) is 20.7 Å². The number of nitrogens with one attached hydrogen (secondary N) is 1. The highest BCUT2D eigenvalue weighted by atomic mass is 16.5. The van der Waals surface area contributed by atoms with Gasteiger partial charge in [-0.15, -0.1) is 10.2 Å². The molecule has 0 aromatic carbocycles. The fourth-order valence-electron chi connectivity index (χ4n) is 1.64. The van der Waals surface area contributed by atoms with Crippen molar-refractivity contribution in [2.75, 3.05) is 26.8 Å². The van der Waals surface area contributed by atoms with E-state index in [9.17, 15) is 0 Å². The molecule has 0 radical (unpaired) electrons. The van der Waals surface area contributed by atoms with Gasteiger partial charge in [-0.1, -0.05) is 0 Å². The first kappa shape index (κ1) is 13.7. The molecular weight excluding hydrogens is 246 g/mol. The second-order valence-corrected chi connectivity index (χ2v) is 4.14. The van der Waals surface area contributed by atoms with Crippen molar-refractivity contribution in [3.63, 3.8) is 0 Å². The molecule has 2 aromatic rings. The minimum absolute atomic E-state index is 0.531. The van der Waals surface area contributed by atoms with Gasteiger partial charge in [0, 0.05) is 13.7 Å². The molecule has 2 rings (SSSR count). The minimum Gasteiger partial charge on any atom is -0.461 e. The Balaban J connectivity index is 1.64. The molecule has 0 saturated heterocycles. The van der Waals surface area contributed by atoms with E-state index in [-0.39, 0.29) is 0 Å². The average molecular weight is 265 g/mol. The van der Waals surface area contributed by atoms with Crippen LogP contribution in [0.4, 0.5) is 0 Å². The molecule has 1 N–H and O–H groups in total. The third-order valence-corrected chi connectivity index (χ3v) is 2.64. The molecule has 19 heavy (non-hydrogen) atoms. The molecule has 0 aliphatic heterocycles. The van der Waals surface area contributed by atoms with Gasteiger partial charge >= 0.3 is 0 Å². The summed E-state index contributed by atoms with van der Waals surface area (Å²) in [7, 11) is 1.70. The molecule has 0 atom stereocenters. The van der Waals surface area contributed by atoms with Gasteiger partial charge < -0.3 is 14.5 Å². The van der Waals surface area contributed by atoms with Crippen LogP contribution in [0, 0.1) is 0 Å². The van der Waals surface area contributed by atoms with Gasteiger partial charge in [0.05, 0.1) is 19.4 Å². The Labute approximate surface area is 111 Å². The first-order chi connectivity index (χ1) is 9.40. The lowest BCUT2D eigenvalue weighted by Crippen LogP contribution is -2.20. The SMILES string of the molecule is COCCNCCCCn1nnc(-c2ccco2)n1. The smallest absolute Gasteiger partial charge is 0.240 e. The highest BCUT2D eigenvalue weighted by molar-refractivity contribution is 5.43. The monoisotopic (exact) mass is 265 g/mol. The Morgan fingerprint density at radius 3 is 3.11 bits per heavy atom. The fraction of sp³-hybridized carbons (Fsp3) is 0.583. The molecule has 7 heteroatoms. The summed E-state index contributed by atoms with van der Waals surface area (Å²) < 4.78 is 10.2. The molecule has 104 valence electrons. The van der Waals surface area contributed by atoms with Crippen molar-refractivity contribution in [3.05, 3.63) is 18.4 Å². The normalized spacial score (nSPS) is 11.0. The van der Waals surface area contributed by atoms with E-state index >= 15 is 0 Å². The number of aryl methyl sites for hydroxylation is 1. The number of nitrogens with zero attached hydrogens (tertiary/aromatic N) is 4. The third kappa shape index (κ3) is 4.46. The summed E-state index contributed by atoms with van der Waals surface area (Å²) in [4.78, 5) is 1.60. The number of hydrogen-bond acceptors (Lipinski definition) is 6.